The second-order valence-corrected chi connectivity index (χ2v) is 4.26. The number of aromatic amines is 1. The number of nitrogen functional groups attached to an aromatic ring is 1. The van der Waals surface area contributed by atoms with E-state index in [1.165, 1.54) is 0 Å². The summed E-state index contributed by atoms with van der Waals surface area (Å²) in [5.41, 5.74) is 11.0. The summed E-state index contributed by atoms with van der Waals surface area (Å²) in [5, 5.41) is 6.63. The third kappa shape index (κ3) is 3.87. The van der Waals surface area contributed by atoms with Gasteiger partial charge in [-0.25, -0.2) is 0 Å². The molecule has 0 saturated carbocycles. The Bertz CT molecular complexity index is 281. The van der Waals surface area contributed by atoms with Crippen LogP contribution in [0.5, 0.6) is 0 Å². The second-order valence-electron chi connectivity index (χ2n) is 4.26. The first-order valence-corrected chi connectivity index (χ1v) is 5.50. The van der Waals surface area contributed by atoms with Crippen molar-refractivity contribution in [2.45, 2.75) is 33.1 Å². The molecule has 5 heteroatoms. The minimum atomic E-state index is 0.324. The number of hydrogen-bond donors (Lipinski definition) is 3. The van der Waals surface area contributed by atoms with Gasteiger partial charge in [0.1, 0.15) is 5.82 Å². The number of aryl methyl sites for hydroxylation is 1. The van der Waals surface area contributed by atoms with Crippen LogP contribution < -0.4 is 11.5 Å². The highest BCUT2D eigenvalue weighted by molar-refractivity contribution is 5.12. The molecule has 0 saturated heterocycles. The van der Waals surface area contributed by atoms with E-state index in [4.69, 9.17) is 11.5 Å². The lowest BCUT2D eigenvalue weighted by Gasteiger charge is -2.19. The Kier molecular flexibility index (Phi) is 4.55. The van der Waals surface area contributed by atoms with Crippen molar-refractivity contribution in [3.8, 4) is 0 Å². The van der Waals surface area contributed by atoms with Crippen LogP contribution in [0.3, 0.4) is 0 Å². The van der Waals surface area contributed by atoms with Gasteiger partial charge in [-0.1, -0.05) is 13.8 Å². The number of H-pyrrole nitrogens is 1. The quantitative estimate of drug-likeness (QED) is 0.652. The standard InChI is InChI=1S/C10H21N5/c1-7(2)8(5-6-11)3-4-9-13-10(12)15-14-9/h7-8H,3-6,11H2,1-2H3,(H3,12,13,14,15). The predicted octanol–water partition coefficient (Wildman–Crippen LogP) is 0.940. The van der Waals surface area contributed by atoms with Crippen molar-refractivity contribution in [2.75, 3.05) is 12.3 Å². The predicted molar refractivity (Wildman–Crippen MR) is 61.1 cm³/mol. The molecule has 0 aromatic carbocycles. The average Bonchev–Trinajstić information content (AvgIpc) is 2.58. The van der Waals surface area contributed by atoms with E-state index >= 15 is 0 Å². The molecule has 0 fully saturated rings. The maximum Gasteiger partial charge on any atom is 0.239 e. The molecular formula is C10H21N5. The molecule has 0 aliphatic carbocycles. The second kappa shape index (κ2) is 5.70. The zero-order chi connectivity index (χ0) is 11.3. The van der Waals surface area contributed by atoms with E-state index in [1.807, 2.05) is 0 Å². The first-order chi connectivity index (χ1) is 7.13. The lowest BCUT2D eigenvalue weighted by molar-refractivity contribution is 0.339. The van der Waals surface area contributed by atoms with Gasteiger partial charge in [0, 0.05) is 6.42 Å². The first-order valence-electron chi connectivity index (χ1n) is 5.50. The molecule has 1 aromatic heterocycles. The maximum atomic E-state index is 5.58. The number of nitrogens with two attached hydrogens (primary N) is 2. The Balaban J connectivity index is 2.39. The highest BCUT2D eigenvalue weighted by atomic mass is 15.3. The van der Waals surface area contributed by atoms with Crippen molar-refractivity contribution in [2.24, 2.45) is 17.6 Å². The summed E-state index contributed by atoms with van der Waals surface area (Å²) in [6.45, 7) is 5.21. The van der Waals surface area contributed by atoms with Gasteiger partial charge < -0.3 is 11.5 Å². The molecule has 1 rings (SSSR count). The smallest absolute Gasteiger partial charge is 0.239 e. The van der Waals surface area contributed by atoms with E-state index in [9.17, 15) is 0 Å². The number of nitrogens with one attached hydrogen (secondary N) is 1. The van der Waals surface area contributed by atoms with Crippen molar-refractivity contribution < 1.29 is 0 Å². The van der Waals surface area contributed by atoms with Gasteiger partial charge in [-0.3, -0.25) is 5.10 Å². The Labute approximate surface area is 90.6 Å². The summed E-state index contributed by atoms with van der Waals surface area (Å²) >= 11 is 0. The molecule has 0 radical (unpaired) electrons. The first kappa shape index (κ1) is 12.0. The topological polar surface area (TPSA) is 93.6 Å². The van der Waals surface area contributed by atoms with E-state index in [0.717, 1.165) is 31.6 Å². The monoisotopic (exact) mass is 211 g/mol. The fraction of sp³-hybridized carbons (Fsp3) is 0.800. The highest BCUT2D eigenvalue weighted by Crippen LogP contribution is 2.20. The summed E-state index contributed by atoms with van der Waals surface area (Å²) in [5.74, 6) is 2.51. The molecule has 1 heterocycles. The van der Waals surface area contributed by atoms with Crippen LogP contribution in [0.25, 0.3) is 0 Å². The van der Waals surface area contributed by atoms with Gasteiger partial charge in [0.2, 0.25) is 5.95 Å². The minimum Gasteiger partial charge on any atom is -0.367 e. The number of anilines is 1. The average molecular weight is 211 g/mol. The van der Waals surface area contributed by atoms with Gasteiger partial charge in [0.05, 0.1) is 0 Å². The molecule has 0 amide bonds. The summed E-state index contributed by atoms with van der Waals surface area (Å²) < 4.78 is 0. The molecule has 1 unspecified atom stereocenters. The molecule has 15 heavy (non-hydrogen) atoms. The fourth-order valence-corrected chi connectivity index (χ4v) is 1.77. The fourth-order valence-electron chi connectivity index (χ4n) is 1.77. The molecule has 0 aliphatic rings. The Morgan fingerprint density at radius 2 is 2.07 bits per heavy atom. The zero-order valence-electron chi connectivity index (χ0n) is 9.53. The van der Waals surface area contributed by atoms with Crippen LogP contribution in [0.4, 0.5) is 5.95 Å². The van der Waals surface area contributed by atoms with Crippen molar-refractivity contribution in [3.05, 3.63) is 5.82 Å². The van der Waals surface area contributed by atoms with Crippen molar-refractivity contribution in [3.63, 3.8) is 0 Å². The molecule has 86 valence electrons. The molecule has 5 N–H and O–H groups in total. The largest absolute Gasteiger partial charge is 0.367 e. The van der Waals surface area contributed by atoms with Crippen LogP contribution in [-0.4, -0.2) is 21.7 Å². The lowest BCUT2D eigenvalue weighted by Crippen LogP contribution is -2.15. The van der Waals surface area contributed by atoms with Crippen LogP contribution >= 0.6 is 0 Å². The SMILES string of the molecule is CC(C)C(CCN)CCc1nc(N)n[nH]1. The maximum absolute atomic E-state index is 5.58. The van der Waals surface area contributed by atoms with Crippen LogP contribution in [0, 0.1) is 11.8 Å². The van der Waals surface area contributed by atoms with Gasteiger partial charge >= 0.3 is 0 Å². The van der Waals surface area contributed by atoms with Crippen molar-refractivity contribution >= 4 is 5.95 Å². The van der Waals surface area contributed by atoms with Crippen molar-refractivity contribution in [1.29, 1.82) is 0 Å². The Hall–Kier alpha value is -1.10. The molecule has 0 spiro atoms. The summed E-state index contributed by atoms with van der Waals surface area (Å²) in [4.78, 5) is 4.08. The normalized spacial score (nSPS) is 13.3. The van der Waals surface area contributed by atoms with Crippen LogP contribution in [-0.2, 0) is 6.42 Å². The van der Waals surface area contributed by atoms with E-state index < -0.39 is 0 Å². The third-order valence-electron chi connectivity index (χ3n) is 2.78. The zero-order valence-corrected chi connectivity index (χ0v) is 9.53. The molecule has 0 bridgehead atoms. The van der Waals surface area contributed by atoms with Gasteiger partial charge in [-0.2, -0.15) is 4.98 Å². The van der Waals surface area contributed by atoms with E-state index in [-0.39, 0.29) is 0 Å². The minimum absolute atomic E-state index is 0.324. The number of nitrogens with zero attached hydrogens (tertiary/aromatic N) is 2. The molecule has 0 aliphatic heterocycles. The summed E-state index contributed by atoms with van der Waals surface area (Å²) in [6.07, 6.45) is 3.05. The van der Waals surface area contributed by atoms with Gasteiger partial charge in [-0.15, -0.1) is 5.10 Å². The van der Waals surface area contributed by atoms with E-state index in [0.29, 0.717) is 17.8 Å². The number of aromatic nitrogens is 3. The summed E-state index contributed by atoms with van der Waals surface area (Å²) in [7, 11) is 0. The van der Waals surface area contributed by atoms with Crippen LogP contribution in [0.1, 0.15) is 32.5 Å². The van der Waals surface area contributed by atoms with Gasteiger partial charge in [-0.05, 0) is 31.2 Å². The third-order valence-corrected chi connectivity index (χ3v) is 2.78. The van der Waals surface area contributed by atoms with E-state index in [2.05, 4.69) is 29.0 Å². The highest BCUT2D eigenvalue weighted by Gasteiger charge is 2.13. The summed E-state index contributed by atoms with van der Waals surface area (Å²) in [6, 6.07) is 0. The lowest BCUT2D eigenvalue weighted by atomic mass is 9.88. The molecule has 1 aromatic rings. The molecular weight excluding hydrogens is 190 g/mol. The number of hydrogen-bond acceptors (Lipinski definition) is 4. The number of rotatable bonds is 6. The van der Waals surface area contributed by atoms with Gasteiger partial charge in [0.15, 0.2) is 0 Å². The molecule has 5 nitrogen and oxygen atoms in total. The Morgan fingerprint density at radius 1 is 1.33 bits per heavy atom. The Morgan fingerprint density at radius 3 is 2.53 bits per heavy atom. The van der Waals surface area contributed by atoms with Gasteiger partial charge in [0.25, 0.3) is 0 Å². The van der Waals surface area contributed by atoms with E-state index in [1.54, 1.807) is 0 Å². The molecule has 1 atom stereocenters. The van der Waals surface area contributed by atoms with Crippen LogP contribution in [0.15, 0.2) is 0 Å². The van der Waals surface area contributed by atoms with Crippen LogP contribution in [0.2, 0.25) is 0 Å². The van der Waals surface area contributed by atoms with Crippen molar-refractivity contribution in [1.82, 2.24) is 15.2 Å².